The Bertz CT molecular complexity index is 1600. The van der Waals surface area contributed by atoms with Gasteiger partial charge in [0.2, 0.25) is 11.8 Å². The normalized spacial score (nSPS) is 39.6. The molecule has 2 aromatic rings. The molecular weight excluding hydrogens is 576 g/mol. The van der Waals surface area contributed by atoms with Crippen LogP contribution >= 0.6 is 0 Å². The average Bonchev–Trinajstić information content (AvgIpc) is 3.49. The number of aliphatic hydroxyl groups excluding tert-OH is 1. The van der Waals surface area contributed by atoms with Gasteiger partial charge in [-0.25, -0.2) is 0 Å². The molecule has 0 spiro atoms. The minimum Gasteiger partial charge on any atom is -0.393 e. The van der Waals surface area contributed by atoms with Crippen molar-refractivity contribution in [3.63, 3.8) is 0 Å². The average molecular weight is 627 g/mol. The van der Waals surface area contributed by atoms with Gasteiger partial charge < -0.3 is 9.63 Å². The number of fused-ring (bicyclic) bond motifs is 7. The molecular formula is C39H50N2O5. The van der Waals surface area contributed by atoms with Crippen molar-refractivity contribution in [1.29, 1.82) is 0 Å². The number of allylic oxidation sites excluding steroid dienone is 2. The van der Waals surface area contributed by atoms with Gasteiger partial charge in [-0.15, -0.1) is 0 Å². The fourth-order valence-corrected chi connectivity index (χ4v) is 11.4. The summed E-state index contributed by atoms with van der Waals surface area (Å²) in [6.07, 6.45) is 10.2. The number of benzene rings is 1. The van der Waals surface area contributed by atoms with Crippen LogP contribution in [0.5, 0.6) is 0 Å². The molecule has 4 fully saturated rings. The Morgan fingerprint density at radius 1 is 0.957 bits per heavy atom. The van der Waals surface area contributed by atoms with Gasteiger partial charge in [-0.2, -0.15) is 0 Å². The van der Waals surface area contributed by atoms with Crippen LogP contribution in [0.25, 0.3) is 11.3 Å². The number of Topliss-reactive ketones (excluding diaryl/α,β-unsaturated/α-hetero) is 1. The van der Waals surface area contributed by atoms with Crippen LogP contribution in [0.15, 0.2) is 46.5 Å². The fourth-order valence-electron chi connectivity index (χ4n) is 11.4. The number of nitrogens with one attached hydrogen (secondary N) is 1. The molecule has 0 bridgehead atoms. The van der Waals surface area contributed by atoms with Crippen molar-refractivity contribution in [3.8, 4) is 11.3 Å². The first-order chi connectivity index (χ1) is 21.7. The maximum Gasteiger partial charge on any atom is 0.231 e. The number of hydrogen-bond donors (Lipinski definition) is 2. The summed E-state index contributed by atoms with van der Waals surface area (Å²) in [6, 6.07) is 8.92. The minimum absolute atomic E-state index is 0.00551. The maximum atomic E-state index is 14.4. The van der Waals surface area contributed by atoms with Crippen LogP contribution in [0.2, 0.25) is 0 Å². The maximum absolute atomic E-state index is 14.4. The molecule has 1 aromatic heterocycles. The zero-order valence-electron chi connectivity index (χ0n) is 28.3. The first kappa shape index (κ1) is 31.5. The van der Waals surface area contributed by atoms with Crippen LogP contribution in [-0.4, -0.2) is 33.8 Å². The molecule has 0 aliphatic heterocycles. The number of aromatic nitrogens is 1. The second kappa shape index (κ2) is 10.7. The van der Waals surface area contributed by atoms with Gasteiger partial charge in [0.15, 0.2) is 11.6 Å². The molecule has 246 valence electrons. The van der Waals surface area contributed by atoms with Crippen molar-refractivity contribution in [1.82, 2.24) is 5.16 Å². The number of amides is 1. The van der Waals surface area contributed by atoms with Crippen molar-refractivity contribution in [3.05, 3.63) is 47.5 Å². The van der Waals surface area contributed by atoms with Crippen LogP contribution < -0.4 is 5.32 Å². The van der Waals surface area contributed by atoms with Crippen LogP contribution in [0, 0.1) is 51.2 Å². The van der Waals surface area contributed by atoms with Crippen LogP contribution in [0.3, 0.4) is 0 Å². The van der Waals surface area contributed by atoms with E-state index in [1.54, 1.807) is 18.2 Å². The summed E-state index contributed by atoms with van der Waals surface area (Å²) in [6.45, 7) is 13.1. The Balaban J connectivity index is 1.10. The van der Waals surface area contributed by atoms with Crippen molar-refractivity contribution in [2.75, 3.05) is 5.32 Å². The Labute approximate surface area is 273 Å². The smallest absolute Gasteiger partial charge is 0.231 e. The summed E-state index contributed by atoms with van der Waals surface area (Å²) >= 11 is 0. The molecule has 1 heterocycles. The second-order valence-electron chi connectivity index (χ2n) is 16.7. The summed E-state index contributed by atoms with van der Waals surface area (Å²) in [4.78, 5) is 39.7. The van der Waals surface area contributed by atoms with Crippen LogP contribution in [-0.2, 0) is 9.59 Å². The van der Waals surface area contributed by atoms with E-state index in [1.165, 1.54) is 12.5 Å². The number of anilines is 1. The number of aliphatic hydroxyl groups is 1. The van der Waals surface area contributed by atoms with Gasteiger partial charge in [0.1, 0.15) is 5.69 Å². The molecule has 7 unspecified atom stereocenters. The monoisotopic (exact) mass is 626 g/mol. The zero-order chi connectivity index (χ0) is 32.8. The SMILES string of the molecule is CC(=O)c1ccc(-c2cc(NC(=O)C3CCC4CCC5C(=CC(=O)C6[C@@]5(C)CCC5(C)C(C)(C)C(O)CC[C@]65C)C4C3)on2)cc1. The molecule has 0 saturated heterocycles. The minimum atomic E-state index is -0.344. The number of carbonyl (C=O) groups excluding carboxylic acids is 3. The number of carbonyl (C=O) groups is 3. The van der Waals surface area contributed by atoms with E-state index >= 15 is 0 Å². The predicted octanol–water partition coefficient (Wildman–Crippen LogP) is 8.04. The van der Waals surface area contributed by atoms with E-state index in [1.807, 2.05) is 18.2 Å². The van der Waals surface area contributed by atoms with E-state index in [0.29, 0.717) is 29.0 Å². The highest BCUT2D eigenvalue weighted by Crippen LogP contribution is 2.74. The summed E-state index contributed by atoms with van der Waals surface area (Å²) < 4.78 is 5.50. The van der Waals surface area contributed by atoms with Gasteiger partial charge in [-0.05, 0) is 110 Å². The van der Waals surface area contributed by atoms with Crippen LogP contribution in [0.1, 0.15) is 110 Å². The molecule has 1 aromatic carbocycles. The third-order valence-corrected chi connectivity index (χ3v) is 14.7. The van der Waals surface area contributed by atoms with Crippen molar-refractivity contribution >= 4 is 23.4 Å². The predicted molar refractivity (Wildman–Crippen MR) is 177 cm³/mol. The van der Waals surface area contributed by atoms with E-state index < -0.39 is 0 Å². The lowest BCUT2D eigenvalue weighted by Gasteiger charge is -2.71. The van der Waals surface area contributed by atoms with E-state index in [9.17, 15) is 19.5 Å². The summed E-state index contributed by atoms with van der Waals surface area (Å²) in [5.41, 5.74) is 2.72. The Hall–Kier alpha value is -3.06. The van der Waals surface area contributed by atoms with Gasteiger partial charge in [0.25, 0.3) is 0 Å². The highest BCUT2D eigenvalue weighted by molar-refractivity contribution is 5.96. The quantitative estimate of drug-likeness (QED) is 0.333. The molecule has 7 rings (SSSR count). The Kier molecular flexibility index (Phi) is 7.36. The molecule has 0 radical (unpaired) electrons. The molecule has 5 aliphatic rings. The van der Waals surface area contributed by atoms with Crippen molar-refractivity contribution in [2.24, 2.45) is 51.2 Å². The van der Waals surface area contributed by atoms with Gasteiger partial charge in [0.05, 0.1) is 6.10 Å². The van der Waals surface area contributed by atoms with Crippen molar-refractivity contribution in [2.45, 2.75) is 105 Å². The van der Waals surface area contributed by atoms with Gasteiger partial charge in [-0.3, -0.25) is 19.7 Å². The fraction of sp³-hybridized carbons (Fsp3) is 0.641. The molecule has 2 N–H and O–H groups in total. The topological polar surface area (TPSA) is 110 Å². The number of rotatable bonds is 4. The molecule has 7 nitrogen and oxygen atoms in total. The molecule has 4 saturated carbocycles. The van der Waals surface area contributed by atoms with Gasteiger partial charge in [0, 0.05) is 29.0 Å². The summed E-state index contributed by atoms with van der Waals surface area (Å²) in [7, 11) is 0. The second-order valence-corrected chi connectivity index (χ2v) is 16.7. The highest BCUT2D eigenvalue weighted by atomic mass is 16.5. The van der Waals surface area contributed by atoms with Gasteiger partial charge >= 0.3 is 0 Å². The summed E-state index contributed by atoms with van der Waals surface area (Å²) in [5, 5.41) is 18.2. The lowest BCUT2D eigenvalue weighted by Crippen LogP contribution is -2.68. The molecule has 9 atom stereocenters. The molecule has 7 heteroatoms. The number of nitrogens with zero attached hydrogens (tertiary/aromatic N) is 1. The first-order valence-corrected chi connectivity index (χ1v) is 17.5. The van der Waals surface area contributed by atoms with E-state index in [4.69, 9.17) is 4.52 Å². The third-order valence-electron chi connectivity index (χ3n) is 14.7. The lowest BCUT2D eigenvalue weighted by atomic mass is 9.33. The van der Waals surface area contributed by atoms with Gasteiger partial charge in [-0.1, -0.05) is 69.6 Å². The largest absolute Gasteiger partial charge is 0.393 e. The highest BCUT2D eigenvalue weighted by Gasteiger charge is 2.70. The van der Waals surface area contributed by atoms with E-state index in [-0.39, 0.29) is 63.0 Å². The van der Waals surface area contributed by atoms with Crippen LogP contribution in [0.4, 0.5) is 5.88 Å². The Morgan fingerprint density at radius 3 is 2.39 bits per heavy atom. The van der Waals surface area contributed by atoms with E-state index in [2.05, 4.69) is 45.1 Å². The third kappa shape index (κ3) is 4.47. The standard InChI is InChI=1S/C39H50N2O5/c1-22(42)23-7-10-25(11-8-23)30-21-33(46-41-30)40-35(45)26-12-9-24-13-14-29-28(27(24)19-26)20-31(43)34-37(29,4)17-18-39(6)36(2,3)32(44)15-16-38(34,39)5/h7-8,10-11,20-21,24,26-27,29,32,34,44H,9,12-19H2,1-6H3,(H,40,45)/t24?,26?,27?,29?,32?,34?,37-,38+,39?/m0/s1. The Morgan fingerprint density at radius 2 is 1.67 bits per heavy atom. The molecule has 5 aliphatic carbocycles. The van der Waals surface area contributed by atoms with E-state index in [0.717, 1.165) is 63.4 Å². The number of ketones is 2. The number of hydrogen-bond acceptors (Lipinski definition) is 6. The summed E-state index contributed by atoms with van der Waals surface area (Å²) in [5.74, 6) is 1.49. The molecule has 1 amide bonds. The zero-order valence-corrected chi connectivity index (χ0v) is 28.3. The lowest BCUT2D eigenvalue weighted by molar-refractivity contribution is -0.232. The van der Waals surface area contributed by atoms with Crippen molar-refractivity contribution < 1.29 is 24.0 Å². The molecule has 46 heavy (non-hydrogen) atoms. The first-order valence-electron chi connectivity index (χ1n) is 17.5.